The molecule has 6 nitrogen and oxygen atoms in total. The van der Waals surface area contributed by atoms with E-state index in [2.05, 4.69) is 20.9 Å². The Morgan fingerprint density at radius 3 is 2.59 bits per heavy atom. The fraction of sp³-hybridized carbons (Fsp3) is 0.0800. The molecule has 1 N–H and O–H groups in total. The first kappa shape index (κ1) is 22.2. The van der Waals surface area contributed by atoms with Gasteiger partial charge in [0.25, 0.3) is 5.78 Å². The van der Waals surface area contributed by atoms with Gasteiger partial charge in [0.1, 0.15) is 17.3 Å². The molecule has 1 aromatic heterocycles. The molecule has 2 heterocycles. The first-order valence-electron chi connectivity index (χ1n) is 10.1. The number of ketones is 1. The average molecular weight is 539 g/mol. The number of hydrogen-bond acceptors (Lipinski definition) is 6. The summed E-state index contributed by atoms with van der Waals surface area (Å²) in [6, 6.07) is 16.6. The van der Waals surface area contributed by atoms with Crippen LogP contribution in [0.4, 0.5) is 9.52 Å². The number of amides is 1. The first-order valence-corrected chi connectivity index (χ1v) is 11.8. The molecular formula is C25H16BrFN2O4S. The quantitative estimate of drug-likeness (QED) is 0.201. The van der Waals surface area contributed by atoms with Gasteiger partial charge in [-0.15, -0.1) is 0 Å². The average Bonchev–Trinajstić information content (AvgIpc) is 3.36. The number of carbonyl (C=O) groups excluding carboxylic acids is 2. The van der Waals surface area contributed by atoms with Gasteiger partial charge in [0.2, 0.25) is 0 Å². The Balaban J connectivity index is 1.72. The number of Topliss-reactive ketones (excluding diaryl/α,β-unsaturated/α-hetero) is 1. The topological polar surface area (TPSA) is 79.7 Å². The number of fused-ring (bicyclic) bond motifs is 1. The Bertz CT molecular complexity index is 1480. The number of hydrogen-bond donors (Lipinski definition) is 1. The molecule has 5 rings (SSSR count). The number of ether oxygens (including phenoxy) is 1. The molecule has 34 heavy (non-hydrogen) atoms. The molecule has 1 amide bonds. The third-order valence-corrected chi connectivity index (χ3v) is 7.03. The Kier molecular flexibility index (Phi) is 5.66. The molecule has 1 saturated heterocycles. The lowest BCUT2D eigenvalue weighted by molar-refractivity contribution is -0.132. The molecule has 1 unspecified atom stereocenters. The molecule has 4 aromatic rings. The zero-order valence-corrected chi connectivity index (χ0v) is 20.1. The molecule has 1 fully saturated rings. The number of aliphatic hydroxyl groups is 1. The van der Waals surface area contributed by atoms with Crippen molar-refractivity contribution in [1.82, 2.24) is 4.98 Å². The van der Waals surface area contributed by atoms with Crippen molar-refractivity contribution in [2.45, 2.75) is 6.04 Å². The third kappa shape index (κ3) is 3.76. The van der Waals surface area contributed by atoms with Crippen molar-refractivity contribution >= 4 is 60.1 Å². The van der Waals surface area contributed by atoms with Gasteiger partial charge in [-0.1, -0.05) is 39.4 Å². The Morgan fingerprint density at radius 2 is 1.88 bits per heavy atom. The van der Waals surface area contributed by atoms with E-state index in [1.165, 1.54) is 40.5 Å². The summed E-state index contributed by atoms with van der Waals surface area (Å²) in [6.45, 7) is 0. The van der Waals surface area contributed by atoms with E-state index in [1.807, 2.05) is 6.07 Å². The predicted octanol–water partition coefficient (Wildman–Crippen LogP) is 5.83. The molecule has 9 heteroatoms. The summed E-state index contributed by atoms with van der Waals surface area (Å²) in [4.78, 5) is 32.4. The maximum absolute atomic E-state index is 13.4. The molecule has 1 aliphatic rings. The van der Waals surface area contributed by atoms with Crippen LogP contribution in [0.25, 0.3) is 16.0 Å². The van der Waals surface area contributed by atoms with Crippen LogP contribution in [0.15, 0.2) is 76.8 Å². The van der Waals surface area contributed by atoms with E-state index in [1.54, 1.807) is 43.5 Å². The monoisotopic (exact) mass is 538 g/mol. The first-order chi connectivity index (χ1) is 16.4. The van der Waals surface area contributed by atoms with Crippen LogP contribution in [0.5, 0.6) is 5.75 Å². The van der Waals surface area contributed by atoms with E-state index in [0.717, 1.165) is 9.17 Å². The number of thiazole rings is 1. The summed E-state index contributed by atoms with van der Waals surface area (Å²) in [5.41, 5.74) is 1.39. The summed E-state index contributed by atoms with van der Waals surface area (Å²) in [5, 5.41) is 11.4. The van der Waals surface area contributed by atoms with Gasteiger partial charge in [0.05, 0.1) is 28.9 Å². The summed E-state index contributed by atoms with van der Waals surface area (Å²) in [6.07, 6.45) is 0. The van der Waals surface area contributed by atoms with Crippen molar-refractivity contribution in [2.75, 3.05) is 12.0 Å². The molecule has 1 aliphatic heterocycles. The van der Waals surface area contributed by atoms with Gasteiger partial charge in [-0.2, -0.15) is 0 Å². The van der Waals surface area contributed by atoms with Gasteiger partial charge in [0, 0.05) is 10.0 Å². The zero-order chi connectivity index (χ0) is 24.0. The lowest BCUT2D eigenvalue weighted by Crippen LogP contribution is -2.29. The van der Waals surface area contributed by atoms with Crippen LogP contribution in [0.1, 0.15) is 17.2 Å². The number of rotatable bonds is 4. The van der Waals surface area contributed by atoms with Gasteiger partial charge >= 0.3 is 5.91 Å². The normalized spacial score (nSPS) is 17.5. The van der Waals surface area contributed by atoms with E-state index >= 15 is 0 Å². The molecule has 170 valence electrons. The molecule has 0 radical (unpaired) electrons. The van der Waals surface area contributed by atoms with Crippen molar-refractivity contribution in [3.63, 3.8) is 0 Å². The minimum absolute atomic E-state index is 0.0912. The Labute approximate surface area is 206 Å². The van der Waals surface area contributed by atoms with Crippen molar-refractivity contribution in [1.29, 1.82) is 0 Å². The minimum Gasteiger partial charge on any atom is -0.507 e. The van der Waals surface area contributed by atoms with Gasteiger partial charge in [-0.3, -0.25) is 14.5 Å². The van der Waals surface area contributed by atoms with Crippen LogP contribution in [0.2, 0.25) is 0 Å². The lowest BCUT2D eigenvalue weighted by atomic mass is 9.95. The fourth-order valence-electron chi connectivity index (χ4n) is 3.91. The number of nitrogens with zero attached hydrogens (tertiary/aromatic N) is 2. The summed E-state index contributed by atoms with van der Waals surface area (Å²) < 4.78 is 20.2. The number of benzene rings is 3. The highest BCUT2D eigenvalue weighted by atomic mass is 79.9. The molecule has 0 saturated carbocycles. The molecular weight excluding hydrogens is 523 g/mol. The number of methoxy groups -OCH3 is 1. The van der Waals surface area contributed by atoms with Crippen molar-refractivity contribution in [3.8, 4) is 5.75 Å². The van der Waals surface area contributed by atoms with Crippen molar-refractivity contribution in [3.05, 3.63) is 93.7 Å². The van der Waals surface area contributed by atoms with Crippen molar-refractivity contribution < 1.29 is 23.8 Å². The summed E-state index contributed by atoms with van der Waals surface area (Å²) >= 11 is 4.67. The minimum atomic E-state index is -0.926. The highest BCUT2D eigenvalue weighted by molar-refractivity contribution is 9.10. The Morgan fingerprint density at radius 1 is 1.12 bits per heavy atom. The second-order valence-electron chi connectivity index (χ2n) is 7.56. The van der Waals surface area contributed by atoms with E-state index in [4.69, 9.17) is 4.74 Å². The smallest absolute Gasteiger partial charge is 0.301 e. The van der Waals surface area contributed by atoms with Crippen LogP contribution in [-0.4, -0.2) is 28.9 Å². The highest BCUT2D eigenvalue weighted by Crippen LogP contribution is 2.45. The zero-order valence-electron chi connectivity index (χ0n) is 17.7. The van der Waals surface area contributed by atoms with Gasteiger partial charge < -0.3 is 9.84 Å². The SMILES string of the molecule is COc1ccc2nc(N3C(=O)C(=O)C(=C(O)c4ccc(F)cc4)C3c3cccc(Br)c3)sc2c1. The number of aromatic nitrogens is 1. The summed E-state index contributed by atoms with van der Waals surface area (Å²) in [5.74, 6) is -1.87. The highest BCUT2D eigenvalue weighted by Gasteiger charge is 2.48. The van der Waals surface area contributed by atoms with E-state index in [-0.39, 0.29) is 16.9 Å². The van der Waals surface area contributed by atoms with E-state index in [9.17, 15) is 19.1 Å². The van der Waals surface area contributed by atoms with Crippen LogP contribution < -0.4 is 9.64 Å². The van der Waals surface area contributed by atoms with Gasteiger partial charge in [0.15, 0.2) is 5.13 Å². The molecule has 3 aromatic carbocycles. The fourth-order valence-corrected chi connectivity index (χ4v) is 5.35. The van der Waals surface area contributed by atoms with Gasteiger partial charge in [-0.25, -0.2) is 9.37 Å². The third-order valence-electron chi connectivity index (χ3n) is 5.52. The molecule has 0 aliphatic carbocycles. The van der Waals surface area contributed by atoms with Crippen LogP contribution in [-0.2, 0) is 9.59 Å². The number of anilines is 1. The number of aliphatic hydroxyl groups excluding tert-OH is 1. The molecule has 0 bridgehead atoms. The second-order valence-corrected chi connectivity index (χ2v) is 9.49. The second kappa shape index (κ2) is 8.66. The Hall–Kier alpha value is -3.56. The lowest BCUT2D eigenvalue weighted by Gasteiger charge is -2.23. The maximum Gasteiger partial charge on any atom is 0.301 e. The molecule has 1 atom stereocenters. The van der Waals surface area contributed by atoms with Crippen molar-refractivity contribution in [2.24, 2.45) is 0 Å². The van der Waals surface area contributed by atoms with Gasteiger partial charge in [-0.05, 0) is 60.2 Å². The van der Waals surface area contributed by atoms with E-state index in [0.29, 0.717) is 22.0 Å². The standard InChI is InChI=1S/C25H16BrFN2O4S/c1-33-17-9-10-18-19(12-17)34-25(28-18)29-21(14-3-2-4-15(26)11-14)20(23(31)24(29)32)22(30)13-5-7-16(27)8-6-13/h2-12,21,30H,1H3. The van der Waals surface area contributed by atoms with E-state index < -0.39 is 23.5 Å². The largest absolute Gasteiger partial charge is 0.507 e. The number of halogens is 2. The summed E-state index contributed by atoms with van der Waals surface area (Å²) in [7, 11) is 1.56. The van der Waals surface area contributed by atoms with Crippen LogP contribution in [0.3, 0.4) is 0 Å². The predicted molar refractivity (Wildman–Crippen MR) is 131 cm³/mol. The number of carbonyl (C=O) groups is 2. The molecule has 0 spiro atoms. The van der Waals surface area contributed by atoms with Crippen LogP contribution >= 0.6 is 27.3 Å². The van der Waals surface area contributed by atoms with Crippen LogP contribution in [0, 0.1) is 5.82 Å². The maximum atomic E-state index is 13.4.